The number of pyridine rings is 1. The number of aliphatic hydroxyl groups excluding tert-OH is 1. The van der Waals surface area contributed by atoms with Crippen LogP contribution in [-0.2, 0) is 6.54 Å². The van der Waals surface area contributed by atoms with Crippen LogP contribution in [0.2, 0.25) is 0 Å². The fourth-order valence-electron chi connectivity index (χ4n) is 1.08. The molecule has 3 nitrogen and oxygen atoms in total. The Morgan fingerprint density at radius 1 is 1.69 bits per heavy atom. The molecule has 1 atom stereocenters. The van der Waals surface area contributed by atoms with E-state index in [0.717, 1.165) is 0 Å². The molecule has 1 heterocycles. The molecular weight excluding hydrogens is 234 g/mol. The van der Waals surface area contributed by atoms with Crippen molar-refractivity contribution < 1.29 is 5.11 Å². The smallest absolute Gasteiger partial charge is 0.253 e. The maximum absolute atomic E-state index is 11.5. The van der Waals surface area contributed by atoms with Gasteiger partial charge in [0.15, 0.2) is 0 Å². The minimum absolute atomic E-state index is 0.0394. The summed E-state index contributed by atoms with van der Waals surface area (Å²) in [5, 5.41) is 9.80. The number of hydrogen-bond donors (Lipinski definition) is 1. The van der Waals surface area contributed by atoms with Crippen molar-refractivity contribution in [1.29, 1.82) is 0 Å². The highest BCUT2D eigenvalue weighted by atomic mass is 79.9. The Morgan fingerprint density at radius 3 is 3.00 bits per heavy atom. The highest BCUT2D eigenvalue weighted by Crippen LogP contribution is 1.95. The van der Waals surface area contributed by atoms with E-state index in [0.29, 0.717) is 17.4 Å². The average Bonchev–Trinajstić information content (AvgIpc) is 2.13. The van der Waals surface area contributed by atoms with E-state index < -0.39 is 6.10 Å². The summed E-state index contributed by atoms with van der Waals surface area (Å²) in [5.41, 5.74) is 0.659. The van der Waals surface area contributed by atoms with Crippen LogP contribution >= 0.6 is 15.9 Å². The van der Waals surface area contributed by atoms with E-state index in [2.05, 4.69) is 15.9 Å². The Hall–Kier alpha value is -0.610. The van der Waals surface area contributed by atoms with Crippen LogP contribution in [-0.4, -0.2) is 21.1 Å². The third-order valence-electron chi connectivity index (χ3n) is 1.80. The van der Waals surface area contributed by atoms with Crippen molar-refractivity contribution in [2.24, 2.45) is 0 Å². The number of halogens is 1. The van der Waals surface area contributed by atoms with E-state index in [1.165, 1.54) is 4.57 Å². The van der Waals surface area contributed by atoms with Gasteiger partial charge >= 0.3 is 0 Å². The van der Waals surface area contributed by atoms with Crippen molar-refractivity contribution in [2.45, 2.75) is 19.6 Å². The topological polar surface area (TPSA) is 42.2 Å². The molecule has 72 valence electrons. The van der Waals surface area contributed by atoms with Crippen molar-refractivity contribution in [2.75, 3.05) is 5.33 Å². The molecule has 13 heavy (non-hydrogen) atoms. The van der Waals surface area contributed by atoms with Crippen molar-refractivity contribution in [3.8, 4) is 0 Å². The number of alkyl halides is 1. The molecular formula is C9H12BrNO2. The third kappa shape index (κ3) is 2.67. The molecule has 0 radical (unpaired) electrons. The quantitative estimate of drug-likeness (QED) is 0.805. The van der Waals surface area contributed by atoms with Gasteiger partial charge in [-0.15, -0.1) is 0 Å². The lowest BCUT2D eigenvalue weighted by atomic mass is 10.3. The number of rotatable bonds is 3. The van der Waals surface area contributed by atoms with Gasteiger partial charge in [0, 0.05) is 17.1 Å². The highest BCUT2D eigenvalue weighted by molar-refractivity contribution is 9.09. The van der Waals surface area contributed by atoms with E-state index in [1.807, 2.05) is 0 Å². The normalized spacial score (nSPS) is 12.8. The lowest BCUT2D eigenvalue weighted by Gasteiger charge is -2.09. The summed E-state index contributed by atoms with van der Waals surface area (Å²) in [5.74, 6) is 0. The molecule has 1 aromatic heterocycles. The Kier molecular flexibility index (Phi) is 3.69. The first-order valence-electron chi connectivity index (χ1n) is 4.05. The summed E-state index contributed by atoms with van der Waals surface area (Å²) in [6.45, 7) is 2.10. The summed E-state index contributed by atoms with van der Waals surface area (Å²) in [7, 11) is 0. The zero-order valence-electron chi connectivity index (χ0n) is 7.40. The van der Waals surface area contributed by atoms with Crippen molar-refractivity contribution in [1.82, 2.24) is 4.57 Å². The van der Waals surface area contributed by atoms with Gasteiger partial charge in [0.2, 0.25) is 0 Å². The Balaban J connectivity index is 2.89. The van der Waals surface area contributed by atoms with Crippen molar-refractivity contribution in [3.05, 3.63) is 34.2 Å². The first-order valence-corrected chi connectivity index (χ1v) is 5.17. The average molecular weight is 246 g/mol. The molecule has 1 aromatic rings. The first-order chi connectivity index (χ1) is 6.15. The summed E-state index contributed by atoms with van der Waals surface area (Å²) in [6, 6.07) is 3.57. The van der Waals surface area contributed by atoms with Gasteiger partial charge in [0.1, 0.15) is 0 Å². The van der Waals surface area contributed by atoms with Crippen LogP contribution in [0, 0.1) is 6.92 Å². The van der Waals surface area contributed by atoms with Crippen LogP contribution in [0.15, 0.2) is 23.1 Å². The largest absolute Gasteiger partial charge is 0.390 e. The predicted octanol–water partition coefficient (Wildman–Crippen LogP) is 0.913. The molecule has 1 unspecified atom stereocenters. The molecule has 0 amide bonds. The van der Waals surface area contributed by atoms with Gasteiger partial charge in [-0.3, -0.25) is 4.79 Å². The molecule has 0 aromatic carbocycles. The summed E-state index contributed by atoms with van der Waals surface area (Å²) >= 11 is 3.15. The minimum atomic E-state index is -0.514. The van der Waals surface area contributed by atoms with E-state index in [9.17, 15) is 9.90 Å². The van der Waals surface area contributed by atoms with Crippen LogP contribution in [0.5, 0.6) is 0 Å². The summed E-state index contributed by atoms with van der Waals surface area (Å²) < 4.78 is 1.52. The van der Waals surface area contributed by atoms with Crippen LogP contribution in [0.25, 0.3) is 0 Å². The number of nitrogens with zero attached hydrogens (tertiary/aromatic N) is 1. The first kappa shape index (κ1) is 10.5. The zero-order chi connectivity index (χ0) is 9.84. The number of hydrogen-bond acceptors (Lipinski definition) is 2. The fourth-order valence-corrected chi connectivity index (χ4v) is 1.28. The van der Waals surface area contributed by atoms with Crippen LogP contribution in [0.1, 0.15) is 5.56 Å². The van der Waals surface area contributed by atoms with Crippen LogP contribution in [0.4, 0.5) is 0 Å². The van der Waals surface area contributed by atoms with E-state index in [1.54, 1.807) is 25.3 Å². The monoisotopic (exact) mass is 245 g/mol. The van der Waals surface area contributed by atoms with Gasteiger partial charge in [0.05, 0.1) is 12.6 Å². The van der Waals surface area contributed by atoms with Crippen LogP contribution in [0.3, 0.4) is 0 Å². The standard InChI is InChI=1S/C9H12BrNO2/c1-7-3-2-4-11(9(7)13)6-8(12)5-10/h2-4,8,12H,5-6H2,1H3. The molecule has 0 aliphatic rings. The van der Waals surface area contributed by atoms with Crippen LogP contribution < -0.4 is 5.56 Å². The van der Waals surface area contributed by atoms with Crippen molar-refractivity contribution >= 4 is 15.9 Å². The second-order valence-electron chi connectivity index (χ2n) is 2.96. The summed E-state index contributed by atoms with van der Waals surface area (Å²) in [4.78, 5) is 11.5. The number of aryl methyl sites for hydroxylation is 1. The molecule has 0 saturated heterocycles. The fraction of sp³-hybridized carbons (Fsp3) is 0.444. The Bertz CT molecular complexity index is 335. The van der Waals surface area contributed by atoms with Crippen molar-refractivity contribution in [3.63, 3.8) is 0 Å². The lowest BCUT2D eigenvalue weighted by Crippen LogP contribution is -2.27. The highest BCUT2D eigenvalue weighted by Gasteiger charge is 2.04. The maximum atomic E-state index is 11.5. The second kappa shape index (κ2) is 4.58. The molecule has 4 heteroatoms. The van der Waals surface area contributed by atoms with Gasteiger partial charge in [0.25, 0.3) is 5.56 Å². The Labute approximate surface area is 85.1 Å². The molecule has 1 N–H and O–H groups in total. The van der Waals surface area contributed by atoms with Gasteiger partial charge in [-0.2, -0.15) is 0 Å². The zero-order valence-corrected chi connectivity index (χ0v) is 8.99. The van der Waals surface area contributed by atoms with Gasteiger partial charge in [-0.05, 0) is 13.0 Å². The number of aliphatic hydroxyl groups is 1. The SMILES string of the molecule is Cc1cccn(CC(O)CBr)c1=O. The summed E-state index contributed by atoms with van der Waals surface area (Å²) in [6.07, 6.45) is 1.17. The third-order valence-corrected chi connectivity index (χ3v) is 2.54. The molecule has 0 spiro atoms. The number of aromatic nitrogens is 1. The van der Waals surface area contributed by atoms with E-state index >= 15 is 0 Å². The molecule has 0 bridgehead atoms. The molecule has 0 saturated carbocycles. The molecule has 1 rings (SSSR count). The van der Waals surface area contributed by atoms with Gasteiger partial charge in [-0.1, -0.05) is 22.0 Å². The van der Waals surface area contributed by atoms with Gasteiger partial charge in [-0.25, -0.2) is 0 Å². The van der Waals surface area contributed by atoms with Gasteiger partial charge < -0.3 is 9.67 Å². The van der Waals surface area contributed by atoms with E-state index in [-0.39, 0.29) is 5.56 Å². The molecule has 0 aliphatic heterocycles. The molecule has 0 aliphatic carbocycles. The minimum Gasteiger partial charge on any atom is -0.390 e. The second-order valence-corrected chi connectivity index (χ2v) is 3.60. The lowest BCUT2D eigenvalue weighted by molar-refractivity contribution is 0.178. The Morgan fingerprint density at radius 2 is 2.38 bits per heavy atom. The predicted molar refractivity (Wildman–Crippen MR) is 55.2 cm³/mol. The molecule has 0 fully saturated rings. The van der Waals surface area contributed by atoms with E-state index in [4.69, 9.17) is 0 Å². The maximum Gasteiger partial charge on any atom is 0.253 e.